The van der Waals surface area contributed by atoms with E-state index < -0.39 is 9.85 Å². The van der Waals surface area contributed by atoms with Crippen LogP contribution in [0.15, 0.2) is 54.9 Å². The van der Waals surface area contributed by atoms with Gasteiger partial charge in [0.2, 0.25) is 0 Å². The molecule has 0 unspecified atom stereocenters. The van der Waals surface area contributed by atoms with Crippen molar-refractivity contribution < 1.29 is 9.85 Å². The lowest BCUT2D eigenvalue weighted by Crippen LogP contribution is -2.00. The third-order valence-corrected chi connectivity index (χ3v) is 3.19. The summed E-state index contributed by atoms with van der Waals surface area (Å²) in [5.74, 6) is 0.480. The average molecular weight is 311 g/mol. The maximum absolute atomic E-state index is 10.7. The molecule has 0 atom stereocenters. The summed E-state index contributed by atoms with van der Waals surface area (Å²) in [4.78, 5) is 24.6. The van der Waals surface area contributed by atoms with Gasteiger partial charge in [-0.1, -0.05) is 0 Å². The van der Waals surface area contributed by atoms with Gasteiger partial charge in [0.25, 0.3) is 11.4 Å². The van der Waals surface area contributed by atoms with Crippen molar-refractivity contribution in [1.29, 1.82) is 0 Å². The number of non-ortho nitro benzene ring substituents is 2. The molecule has 2 aromatic carbocycles. The second kappa shape index (κ2) is 5.64. The summed E-state index contributed by atoms with van der Waals surface area (Å²) in [6.45, 7) is 0. The van der Waals surface area contributed by atoms with E-state index in [9.17, 15) is 20.2 Å². The van der Waals surface area contributed by atoms with Crippen LogP contribution in [0.25, 0.3) is 17.1 Å². The molecule has 0 spiro atoms. The Bertz CT molecular complexity index is 799. The molecule has 3 rings (SSSR count). The molecule has 0 aliphatic rings. The highest BCUT2D eigenvalue weighted by Crippen LogP contribution is 2.23. The molecule has 0 aliphatic carbocycles. The van der Waals surface area contributed by atoms with Gasteiger partial charge in [0, 0.05) is 29.8 Å². The number of rotatable bonds is 4. The van der Waals surface area contributed by atoms with Crippen molar-refractivity contribution in [3.63, 3.8) is 0 Å². The highest BCUT2D eigenvalue weighted by Gasteiger charge is 2.12. The number of hydrogen-bond donors (Lipinski definition) is 0. The van der Waals surface area contributed by atoms with E-state index >= 15 is 0 Å². The van der Waals surface area contributed by atoms with Crippen LogP contribution in [0.2, 0.25) is 0 Å². The van der Waals surface area contributed by atoms with Crippen LogP contribution in [0.1, 0.15) is 0 Å². The largest absolute Gasteiger partial charge is 0.269 e. The normalized spacial score (nSPS) is 10.4. The van der Waals surface area contributed by atoms with Gasteiger partial charge in [-0.05, 0) is 24.3 Å². The Morgan fingerprint density at radius 2 is 1.35 bits per heavy atom. The zero-order chi connectivity index (χ0) is 16.4. The van der Waals surface area contributed by atoms with E-state index in [4.69, 9.17) is 0 Å². The van der Waals surface area contributed by atoms with Gasteiger partial charge in [0.15, 0.2) is 5.82 Å². The Morgan fingerprint density at radius 3 is 1.87 bits per heavy atom. The summed E-state index contributed by atoms with van der Waals surface area (Å²) in [6, 6.07) is 11.8. The predicted octanol–water partition coefficient (Wildman–Crippen LogP) is 2.75. The third kappa shape index (κ3) is 2.75. The van der Waals surface area contributed by atoms with E-state index in [1.54, 1.807) is 24.3 Å². The minimum absolute atomic E-state index is 0.0184. The van der Waals surface area contributed by atoms with Crippen molar-refractivity contribution in [2.45, 2.75) is 0 Å². The molecule has 1 heterocycles. The zero-order valence-corrected chi connectivity index (χ0v) is 11.6. The maximum Gasteiger partial charge on any atom is 0.269 e. The number of nitrogens with zero attached hydrogens (tertiary/aromatic N) is 5. The Morgan fingerprint density at radius 1 is 0.826 bits per heavy atom. The lowest BCUT2D eigenvalue weighted by Gasteiger charge is -2.05. The fraction of sp³-hybridized carbons (Fsp3) is 0. The minimum atomic E-state index is -0.484. The lowest BCUT2D eigenvalue weighted by atomic mass is 10.2. The van der Waals surface area contributed by atoms with E-state index in [0.717, 1.165) is 0 Å². The van der Waals surface area contributed by atoms with Crippen LogP contribution < -0.4 is 0 Å². The summed E-state index contributed by atoms with van der Waals surface area (Å²) in [6.07, 6.45) is 1.35. The smallest absolute Gasteiger partial charge is 0.258 e. The van der Waals surface area contributed by atoms with Gasteiger partial charge in [-0.15, -0.1) is 0 Å². The van der Waals surface area contributed by atoms with Crippen molar-refractivity contribution in [3.05, 3.63) is 75.1 Å². The molecule has 9 heteroatoms. The molecule has 3 aromatic rings. The fourth-order valence-corrected chi connectivity index (χ4v) is 2.08. The van der Waals surface area contributed by atoms with Crippen LogP contribution in [0, 0.1) is 20.2 Å². The first-order valence-electron chi connectivity index (χ1n) is 6.46. The minimum Gasteiger partial charge on any atom is -0.258 e. The highest BCUT2D eigenvalue weighted by atomic mass is 16.6. The van der Waals surface area contributed by atoms with Gasteiger partial charge in [-0.3, -0.25) is 20.2 Å². The van der Waals surface area contributed by atoms with E-state index in [-0.39, 0.29) is 11.4 Å². The molecule has 0 saturated carbocycles. The van der Waals surface area contributed by atoms with Gasteiger partial charge in [-0.25, -0.2) is 9.67 Å². The van der Waals surface area contributed by atoms with Crippen molar-refractivity contribution >= 4 is 11.4 Å². The Balaban J connectivity index is 1.98. The van der Waals surface area contributed by atoms with Crippen molar-refractivity contribution in [1.82, 2.24) is 14.8 Å². The summed E-state index contributed by atoms with van der Waals surface area (Å²) >= 11 is 0. The van der Waals surface area contributed by atoms with Crippen LogP contribution in [0.3, 0.4) is 0 Å². The molecule has 114 valence electrons. The molecular weight excluding hydrogens is 302 g/mol. The number of benzene rings is 2. The van der Waals surface area contributed by atoms with Crippen molar-refractivity contribution in [2.75, 3.05) is 0 Å². The van der Waals surface area contributed by atoms with E-state index in [1.807, 2.05) is 0 Å². The van der Waals surface area contributed by atoms with Crippen LogP contribution in [-0.2, 0) is 0 Å². The maximum atomic E-state index is 10.7. The molecule has 9 nitrogen and oxygen atoms in total. The fourth-order valence-electron chi connectivity index (χ4n) is 2.08. The van der Waals surface area contributed by atoms with E-state index in [2.05, 4.69) is 10.1 Å². The SMILES string of the molecule is O=[N+]([O-])c1ccc(-c2ncnn2-c2ccc([N+](=O)[O-])cc2)cc1. The standard InChI is InChI=1S/C14H9N5O4/c20-18(21)12-3-1-10(2-4-12)14-15-9-16-17(14)11-5-7-13(8-6-11)19(22)23/h1-9H. The molecule has 0 radical (unpaired) electrons. The molecule has 1 aromatic heterocycles. The summed E-state index contributed by atoms with van der Waals surface area (Å²) < 4.78 is 1.50. The van der Waals surface area contributed by atoms with Gasteiger partial charge in [0.05, 0.1) is 15.5 Å². The predicted molar refractivity (Wildman–Crippen MR) is 80.1 cm³/mol. The monoisotopic (exact) mass is 311 g/mol. The number of hydrogen-bond acceptors (Lipinski definition) is 6. The first kappa shape index (κ1) is 14.3. The Hall–Kier alpha value is -3.62. The van der Waals surface area contributed by atoms with Crippen LogP contribution >= 0.6 is 0 Å². The molecule has 0 amide bonds. The topological polar surface area (TPSA) is 117 Å². The van der Waals surface area contributed by atoms with Crippen LogP contribution in [-0.4, -0.2) is 24.6 Å². The van der Waals surface area contributed by atoms with Gasteiger partial charge < -0.3 is 0 Å². The third-order valence-electron chi connectivity index (χ3n) is 3.19. The van der Waals surface area contributed by atoms with Gasteiger partial charge in [0.1, 0.15) is 6.33 Å². The molecule has 23 heavy (non-hydrogen) atoms. The molecule has 0 bridgehead atoms. The number of nitro benzene ring substituents is 2. The quantitative estimate of drug-likeness (QED) is 0.540. The molecule has 0 aliphatic heterocycles. The van der Waals surface area contributed by atoms with Gasteiger partial charge in [-0.2, -0.15) is 5.10 Å². The van der Waals surface area contributed by atoms with Crippen LogP contribution in [0.5, 0.6) is 0 Å². The summed E-state index contributed by atoms with van der Waals surface area (Å²) in [5.41, 5.74) is 1.20. The first-order chi connectivity index (χ1) is 11.1. The Kier molecular flexibility index (Phi) is 3.51. The van der Waals surface area contributed by atoms with Gasteiger partial charge >= 0.3 is 0 Å². The average Bonchev–Trinajstić information content (AvgIpc) is 3.04. The lowest BCUT2D eigenvalue weighted by molar-refractivity contribution is -0.385. The first-order valence-corrected chi connectivity index (χ1v) is 6.46. The second-order valence-corrected chi connectivity index (χ2v) is 4.57. The highest BCUT2D eigenvalue weighted by molar-refractivity contribution is 5.60. The molecule has 0 N–H and O–H groups in total. The van der Waals surface area contributed by atoms with Crippen LogP contribution in [0.4, 0.5) is 11.4 Å². The zero-order valence-electron chi connectivity index (χ0n) is 11.6. The summed E-state index contributed by atoms with van der Waals surface area (Å²) in [5, 5.41) is 25.5. The molecule has 0 fully saturated rings. The van der Waals surface area contributed by atoms with E-state index in [1.165, 1.54) is 35.3 Å². The molecular formula is C14H9N5O4. The van der Waals surface area contributed by atoms with Crippen molar-refractivity contribution in [3.8, 4) is 17.1 Å². The summed E-state index contributed by atoms with van der Waals surface area (Å²) in [7, 11) is 0. The second-order valence-electron chi connectivity index (χ2n) is 4.57. The van der Waals surface area contributed by atoms with Crippen molar-refractivity contribution in [2.24, 2.45) is 0 Å². The number of aromatic nitrogens is 3. The number of nitro groups is 2. The Labute approximate surface area is 129 Å². The van der Waals surface area contributed by atoms with E-state index in [0.29, 0.717) is 17.1 Å². The molecule has 0 saturated heterocycles.